The zero-order chi connectivity index (χ0) is 26.2. The highest BCUT2D eigenvalue weighted by molar-refractivity contribution is 6.02. The Morgan fingerprint density at radius 1 is 0.868 bits per heavy atom. The fourth-order valence-electron chi connectivity index (χ4n) is 6.62. The van der Waals surface area contributed by atoms with E-state index in [4.69, 9.17) is 9.47 Å². The number of piperidine rings is 1. The third-order valence-corrected chi connectivity index (χ3v) is 8.59. The average Bonchev–Trinajstić information content (AvgIpc) is 2.97. The predicted molar refractivity (Wildman–Crippen MR) is 146 cm³/mol. The van der Waals surface area contributed by atoms with Crippen molar-refractivity contribution in [2.75, 3.05) is 33.9 Å². The van der Waals surface area contributed by atoms with Crippen LogP contribution in [-0.4, -0.2) is 55.5 Å². The van der Waals surface area contributed by atoms with E-state index in [1.807, 2.05) is 28.0 Å². The fourth-order valence-corrected chi connectivity index (χ4v) is 6.62. The normalized spacial score (nSPS) is 20.8. The minimum absolute atomic E-state index is 0.0499. The molecule has 38 heavy (non-hydrogen) atoms. The highest BCUT2D eigenvalue weighted by atomic mass is 16.5. The quantitative estimate of drug-likeness (QED) is 0.484. The van der Waals surface area contributed by atoms with E-state index in [0.29, 0.717) is 29.5 Å². The number of likely N-dealkylation sites (tertiary alicyclic amines) is 1. The van der Waals surface area contributed by atoms with Gasteiger partial charge in [0.2, 0.25) is 5.91 Å². The van der Waals surface area contributed by atoms with Crippen molar-refractivity contribution in [3.05, 3.63) is 94.5 Å². The Labute approximate surface area is 224 Å². The van der Waals surface area contributed by atoms with Gasteiger partial charge in [-0.1, -0.05) is 54.6 Å². The van der Waals surface area contributed by atoms with Crippen molar-refractivity contribution in [3.63, 3.8) is 0 Å². The lowest BCUT2D eigenvalue weighted by Crippen LogP contribution is -2.51. The SMILES string of the molecule is COc1cc2c(cc1OC)[C@@H](C(=O)N1CCC(Cc3ccccc3)CC1)[C@H]1c3ccccc3CCN1C2=O. The van der Waals surface area contributed by atoms with Crippen LogP contribution in [0.4, 0.5) is 0 Å². The molecule has 0 aliphatic carbocycles. The molecule has 3 heterocycles. The topological polar surface area (TPSA) is 59.1 Å². The first-order valence-electron chi connectivity index (χ1n) is 13.6. The smallest absolute Gasteiger partial charge is 0.254 e. The van der Waals surface area contributed by atoms with Gasteiger partial charge in [-0.2, -0.15) is 0 Å². The predicted octanol–water partition coefficient (Wildman–Crippen LogP) is 5.02. The first kappa shape index (κ1) is 24.5. The molecule has 3 aliphatic heterocycles. The molecule has 3 aromatic rings. The summed E-state index contributed by atoms with van der Waals surface area (Å²) in [6.07, 6.45) is 3.79. The van der Waals surface area contributed by atoms with E-state index < -0.39 is 5.92 Å². The van der Waals surface area contributed by atoms with Crippen LogP contribution in [0.5, 0.6) is 11.5 Å². The second-order valence-corrected chi connectivity index (χ2v) is 10.6. The van der Waals surface area contributed by atoms with Gasteiger partial charge < -0.3 is 19.3 Å². The summed E-state index contributed by atoms with van der Waals surface area (Å²) in [5.74, 6) is 1.16. The number of hydrogen-bond acceptors (Lipinski definition) is 4. The van der Waals surface area contributed by atoms with Gasteiger partial charge in [0.25, 0.3) is 5.91 Å². The van der Waals surface area contributed by atoms with Crippen molar-refractivity contribution < 1.29 is 19.1 Å². The van der Waals surface area contributed by atoms with Gasteiger partial charge in [0.1, 0.15) is 0 Å². The maximum Gasteiger partial charge on any atom is 0.254 e. The minimum Gasteiger partial charge on any atom is -0.493 e. The number of nitrogens with zero attached hydrogens (tertiary/aromatic N) is 2. The van der Waals surface area contributed by atoms with Gasteiger partial charge in [0, 0.05) is 25.2 Å². The Hall–Kier alpha value is -3.80. The first-order chi connectivity index (χ1) is 18.6. The molecule has 2 amide bonds. The third-order valence-electron chi connectivity index (χ3n) is 8.59. The number of amides is 2. The number of benzene rings is 3. The Balaban J connectivity index is 1.35. The van der Waals surface area contributed by atoms with E-state index in [1.54, 1.807) is 20.3 Å². The second kappa shape index (κ2) is 10.2. The number of hydrogen-bond donors (Lipinski definition) is 0. The second-order valence-electron chi connectivity index (χ2n) is 10.6. The molecular weight excluding hydrogens is 476 g/mol. The summed E-state index contributed by atoms with van der Waals surface area (Å²) in [5.41, 5.74) is 4.92. The van der Waals surface area contributed by atoms with Gasteiger partial charge in [0.05, 0.1) is 26.2 Å². The van der Waals surface area contributed by atoms with Crippen molar-refractivity contribution in [2.24, 2.45) is 5.92 Å². The van der Waals surface area contributed by atoms with E-state index in [0.717, 1.165) is 49.9 Å². The summed E-state index contributed by atoms with van der Waals surface area (Å²) in [7, 11) is 3.16. The Bertz CT molecular complexity index is 1350. The summed E-state index contributed by atoms with van der Waals surface area (Å²) in [4.78, 5) is 32.1. The van der Waals surface area contributed by atoms with Crippen molar-refractivity contribution in [3.8, 4) is 11.5 Å². The molecule has 0 unspecified atom stereocenters. The molecule has 3 aliphatic rings. The van der Waals surface area contributed by atoms with Crippen molar-refractivity contribution in [1.82, 2.24) is 9.80 Å². The minimum atomic E-state index is -0.491. The summed E-state index contributed by atoms with van der Waals surface area (Å²) in [6.45, 7) is 2.06. The molecule has 6 heteroatoms. The molecule has 2 atom stereocenters. The van der Waals surface area contributed by atoms with Gasteiger partial charge in [-0.15, -0.1) is 0 Å². The average molecular weight is 511 g/mol. The van der Waals surface area contributed by atoms with Crippen LogP contribution in [0.2, 0.25) is 0 Å². The summed E-state index contributed by atoms with van der Waals surface area (Å²) < 4.78 is 11.1. The fraction of sp³-hybridized carbons (Fsp3) is 0.375. The molecule has 3 aromatic carbocycles. The molecule has 0 aromatic heterocycles. The Morgan fingerprint density at radius 2 is 1.55 bits per heavy atom. The third kappa shape index (κ3) is 4.22. The van der Waals surface area contributed by atoms with Crippen LogP contribution in [0.15, 0.2) is 66.7 Å². The number of rotatable bonds is 5. The monoisotopic (exact) mass is 510 g/mol. The van der Waals surface area contributed by atoms with Crippen LogP contribution in [0.25, 0.3) is 0 Å². The lowest BCUT2D eigenvalue weighted by molar-refractivity contribution is -0.136. The molecule has 0 radical (unpaired) electrons. The standard InChI is InChI=1S/C32H34N2O4/c1-37-27-19-25-26(20-28(27)38-2)31(35)34-17-14-23-10-6-7-11-24(23)30(34)29(25)32(36)33-15-12-22(13-16-33)18-21-8-4-3-5-9-21/h3-11,19-20,22,29-30H,12-18H2,1-2H3/t29-,30-/m1/s1. The van der Waals surface area contributed by atoms with Crippen LogP contribution in [0.3, 0.4) is 0 Å². The van der Waals surface area contributed by atoms with Gasteiger partial charge in [-0.3, -0.25) is 9.59 Å². The summed E-state index contributed by atoms with van der Waals surface area (Å²) >= 11 is 0. The van der Waals surface area contributed by atoms with Crippen LogP contribution in [0, 0.1) is 5.92 Å². The zero-order valence-corrected chi connectivity index (χ0v) is 22.1. The van der Waals surface area contributed by atoms with Gasteiger partial charge in [-0.25, -0.2) is 0 Å². The van der Waals surface area contributed by atoms with Gasteiger partial charge in [-0.05, 0) is 66.0 Å². The van der Waals surface area contributed by atoms with Crippen LogP contribution in [-0.2, 0) is 17.6 Å². The van der Waals surface area contributed by atoms with E-state index in [1.165, 1.54) is 11.1 Å². The maximum absolute atomic E-state index is 14.4. The number of fused-ring (bicyclic) bond motifs is 4. The lowest BCUT2D eigenvalue weighted by Gasteiger charge is -2.47. The molecule has 0 spiro atoms. The molecule has 1 fully saturated rings. The zero-order valence-electron chi connectivity index (χ0n) is 22.1. The van der Waals surface area contributed by atoms with Crippen molar-refractivity contribution in [2.45, 2.75) is 37.6 Å². The number of carbonyl (C=O) groups is 2. The molecule has 6 nitrogen and oxygen atoms in total. The molecule has 0 bridgehead atoms. The first-order valence-corrected chi connectivity index (χ1v) is 13.6. The van der Waals surface area contributed by atoms with Gasteiger partial charge >= 0.3 is 0 Å². The molecule has 196 valence electrons. The van der Waals surface area contributed by atoms with Crippen LogP contribution in [0.1, 0.15) is 57.4 Å². The van der Waals surface area contributed by atoms with Crippen molar-refractivity contribution in [1.29, 1.82) is 0 Å². The van der Waals surface area contributed by atoms with Crippen molar-refractivity contribution >= 4 is 11.8 Å². The van der Waals surface area contributed by atoms with E-state index in [2.05, 4.69) is 42.5 Å². The van der Waals surface area contributed by atoms with E-state index >= 15 is 0 Å². The van der Waals surface area contributed by atoms with E-state index in [-0.39, 0.29) is 17.9 Å². The molecule has 0 saturated carbocycles. The van der Waals surface area contributed by atoms with Gasteiger partial charge in [0.15, 0.2) is 11.5 Å². The molecule has 1 saturated heterocycles. The lowest BCUT2D eigenvalue weighted by atomic mass is 9.75. The molecular formula is C32H34N2O4. The Kier molecular flexibility index (Phi) is 6.56. The number of ether oxygens (including phenoxy) is 2. The number of methoxy groups -OCH3 is 2. The molecule has 0 N–H and O–H groups in total. The van der Waals surface area contributed by atoms with E-state index in [9.17, 15) is 9.59 Å². The largest absolute Gasteiger partial charge is 0.493 e. The Morgan fingerprint density at radius 3 is 2.29 bits per heavy atom. The molecule has 6 rings (SSSR count). The van der Waals surface area contributed by atoms with Crippen LogP contribution >= 0.6 is 0 Å². The summed E-state index contributed by atoms with van der Waals surface area (Å²) in [5, 5.41) is 0. The highest BCUT2D eigenvalue weighted by Gasteiger charge is 2.48. The number of carbonyl (C=O) groups excluding carboxylic acids is 2. The summed E-state index contributed by atoms with van der Waals surface area (Å²) in [6, 6.07) is 22.1. The maximum atomic E-state index is 14.4. The highest BCUT2D eigenvalue weighted by Crippen LogP contribution is 2.49. The van der Waals surface area contributed by atoms with Crippen LogP contribution < -0.4 is 9.47 Å².